The standard InChI is InChI=1S/C10H11F2N.ClH/c1-2-3-10(13)7-4-5-8(11)9(12)6-7;/h2,4-6,10H,1,3,13H2;1H/t10-;/m1./s1. The van der Waals surface area contributed by atoms with Gasteiger partial charge in [-0.05, 0) is 24.1 Å². The Hall–Kier alpha value is -0.930. The summed E-state index contributed by atoms with van der Waals surface area (Å²) in [7, 11) is 0. The van der Waals surface area contributed by atoms with Gasteiger partial charge in [0.15, 0.2) is 11.6 Å². The van der Waals surface area contributed by atoms with E-state index in [0.29, 0.717) is 12.0 Å². The van der Waals surface area contributed by atoms with E-state index in [2.05, 4.69) is 6.58 Å². The van der Waals surface area contributed by atoms with Crippen LogP contribution in [-0.2, 0) is 0 Å². The average Bonchev–Trinajstić information content (AvgIpc) is 2.10. The number of benzene rings is 1. The maximum absolute atomic E-state index is 12.7. The second-order valence-electron chi connectivity index (χ2n) is 2.80. The minimum absolute atomic E-state index is 0. The Balaban J connectivity index is 0.00000169. The summed E-state index contributed by atoms with van der Waals surface area (Å²) in [5, 5.41) is 0. The van der Waals surface area contributed by atoms with Gasteiger partial charge in [0.25, 0.3) is 0 Å². The lowest BCUT2D eigenvalue weighted by Gasteiger charge is -2.08. The summed E-state index contributed by atoms with van der Waals surface area (Å²) in [6.07, 6.45) is 2.19. The molecule has 1 aromatic carbocycles. The molecule has 1 nitrogen and oxygen atoms in total. The van der Waals surface area contributed by atoms with Crippen LogP contribution in [0.2, 0.25) is 0 Å². The van der Waals surface area contributed by atoms with E-state index < -0.39 is 11.6 Å². The Morgan fingerprint density at radius 3 is 2.50 bits per heavy atom. The lowest BCUT2D eigenvalue weighted by molar-refractivity contribution is 0.505. The third-order valence-corrected chi connectivity index (χ3v) is 1.79. The number of hydrogen-bond donors (Lipinski definition) is 1. The minimum Gasteiger partial charge on any atom is -0.324 e. The molecule has 1 aromatic rings. The van der Waals surface area contributed by atoms with Gasteiger partial charge in [0.2, 0.25) is 0 Å². The molecule has 78 valence electrons. The molecule has 0 saturated carbocycles. The summed E-state index contributed by atoms with van der Waals surface area (Å²) < 4.78 is 25.2. The van der Waals surface area contributed by atoms with Gasteiger partial charge in [-0.25, -0.2) is 8.78 Å². The Kier molecular flexibility index (Phi) is 5.35. The number of halogens is 3. The van der Waals surface area contributed by atoms with Crippen LogP contribution in [0.4, 0.5) is 8.78 Å². The van der Waals surface area contributed by atoms with Gasteiger partial charge in [0, 0.05) is 6.04 Å². The normalized spacial score (nSPS) is 11.6. The Morgan fingerprint density at radius 1 is 1.36 bits per heavy atom. The van der Waals surface area contributed by atoms with Gasteiger partial charge >= 0.3 is 0 Å². The first-order valence-electron chi connectivity index (χ1n) is 3.96. The summed E-state index contributed by atoms with van der Waals surface area (Å²) in [4.78, 5) is 0. The highest BCUT2D eigenvalue weighted by atomic mass is 35.5. The van der Waals surface area contributed by atoms with Crippen LogP contribution in [-0.4, -0.2) is 0 Å². The molecule has 0 amide bonds. The van der Waals surface area contributed by atoms with Gasteiger partial charge in [0.1, 0.15) is 0 Å². The van der Waals surface area contributed by atoms with Crippen LogP contribution in [0.5, 0.6) is 0 Å². The molecule has 0 unspecified atom stereocenters. The number of nitrogens with two attached hydrogens (primary N) is 1. The summed E-state index contributed by atoms with van der Waals surface area (Å²) >= 11 is 0. The topological polar surface area (TPSA) is 26.0 Å². The van der Waals surface area contributed by atoms with E-state index in [4.69, 9.17) is 5.73 Å². The first-order valence-corrected chi connectivity index (χ1v) is 3.96. The van der Waals surface area contributed by atoms with Gasteiger partial charge in [-0.3, -0.25) is 0 Å². The van der Waals surface area contributed by atoms with Gasteiger partial charge in [-0.1, -0.05) is 12.1 Å². The van der Waals surface area contributed by atoms with Gasteiger partial charge in [0.05, 0.1) is 0 Å². The predicted molar refractivity (Wildman–Crippen MR) is 55.3 cm³/mol. The summed E-state index contributed by atoms with van der Waals surface area (Å²) in [6, 6.07) is 3.36. The molecule has 0 aliphatic heterocycles. The van der Waals surface area contributed by atoms with Crippen molar-refractivity contribution in [2.24, 2.45) is 5.73 Å². The molecule has 0 fully saturated rings. The van der Waals surface area contributed by atoms with Crippen LogP contribution >= 0.6 is 12.4 Å². The molecule has 1 atom stereocenters. The van der Waals surface area contributed by atoms with Crippen molar-refractivity contribution in [2.45, 2.75) is 12.5 Å². The highest BCUT2D eigenvalue weighted by molar-refractivity contribution is 5.85. The molecule has 2 N–H and O–H groups in total. The van der Waals surface area contributed by atoms with Crippen molar-refractivity contribution < 1.29 is 8.78 Å². The van der Waals surface area contributed by atoms with Crippen molar-refractivity contribution >= 4 is 12.4 Å². The van der Waals surface area contributed by atoms with E-state index in [-0.39, 0.29) is 18.4 Å². The van der Waals surface area contributed by atoms with Gasteiger partial charge in [-0.15, -0.1) is 19.0 Å². The van der Waals surface area contributed by atoms with E-state index in [0.717, 1.165) is 12.1 Å². The van der Waals surface area contributed by atoms with E-state index in [1.54, 1.807) is 6.08 Å². The quantitative estimate of drug-likeness (QED) is 0.778. The van der Waals surface area contributed by atoms with Crippen molar-refractivity contribution in [3.8, 4) is 0 Å². The Labute approximate surface area is 88.0 Å². The fraction of sp³-hybridized carbons (Fsp3) is 0.200. The van der Waals surface area contributed by atoms with Crippen LogP contribution in [0.15, 0.2) is 30.9 Å². The zero-order chi connectivity index (χ0) is 9.84. The lowest BCUT2D eigenvalue weighted by atomic mass is 10.0. The van der Waals surface area contributed by atoms with Crippen LogP contribution in [0.1, 0.15) is 18.0 Å². The van der Waals surface area contributed by atoms with Gasteiger partial charge < -0.3 is 5.73 Å². The van der Waals surface area contributed by atoms with Crippen LogP contribution < -0.4 is 5.73 Å². The molecular weight excluding hydrogens is 208 g/mol. The molecule has 14 heavy (non-hydrogen) atoms. The monoisotopic (exact) mass is 219 g/mol. The molecule has 0 saturated heterocycles. The second-order valence-corrected chi connectivity index (χ2v) is 2.80. The van der Waals surface area contributed by atoms with Crippen molar-refractivity contribution in [1.82, 2.24) is 0 Å². The molecule has 0 radical (unpaired) electrons. The first-order chi connectivity index (χ1) is 6.15. The number of hydrogen-bond acceptors (Lipinski definition) is 1. The number of rotatable bonds is 3. The molecule has 4 heteroatoms. The van der Waals surface area contributed by atoms with E-state index in [9.17, 15) is 8.78 Å². The van der Waals surface area contributed by atoms with Crippen LogP contribution in [0, 0.1) is 11.6 Å². The molecule has 0 aliphatic rings. The average molecular weight is 220 g/mol. The van der Waals surface area contributed by atoms with Crippen molar-refractivity contribution in [3.05, 3.63) is 48.1 Å². The molecule has 1 rings (SSSR count). The third-order valence-electron chi connectivity index (χ3n) is 1.79. The van der Waals surface area contributed by atoms with E-state index in [1.165, 1.54) is 6.07 Å². The zero-order valence-corrected chi connectivity index (χ0v) is 8.36. The third kappa shape index (κ3) is 3.09. The van der Waals surface area contributed by atoms with Crippen LogP contribution in [0.3, 0.4) is 0 Å². The summed E-state index contributed by atoms with van der Waals surface area (Å²) in [5.74, 6) is -1.72. The van der Waals surface area contributed by atoms with Crippen molar-refractivity contribution in [2.75, 3.05) is 0 Å². The molecular formula is C10H12ClF2N. The highest BCUT2D eigenvalue weighted by Gasteiger charge is 2.07. The fourth-order valence-corrected chi connectivity index (χ4v) is 1.06. The van der Waals surface area contributed by atoms with Crippen LogP contribution in [0.25, 0.3) is 0 Å². The van der Waals surface area contributed by atoms with Crippen molar-refractivity contribution in [1.29, 1.82) is 0 Å². The summed E-state index contributed by atoms with van der Waals surface area (Å²) in [5.41, 5.74) is 6.25. The second kappa shape index (κ2) is 5.73. The SMILES string of the molecule is C=CC[C@@H](N)c1ccc(F)c(F)c1.Cl. The Bertz CT molecular complexity index is 315. The van der Waals surface area contributed by atoms with Crippen molar-refractivity contribution in [3.63, 3.8) is 0 Å². The van der Waals surface area contributed by atoms with E-state index in [1.807, 2.05) is 0 Å². The maximum atomic E-state index is 12.7. The first kappa shape index (κ1) is 13.1. The molecule has 0 aliphatic carbocycles. The maximum Gasteiger partial charge on any atom is 0.159 e. The smallest absolute Gasteiger partial charge is 0.159 e. The Morgan fingerprint density at radius 2 is 2.00 bits per heavy atom. The van der Waals surface area contributed by atoms with E-state index >= 15 is 0 Å². The predicted octanol–water partition coefficient (Wildman–Crippen LogP) is 2.96. The molecule has 0 spiro atoms. The zero-order valence-electron chi connectivity index (χ0n) is 7.54. The highest BCUT2D eigenvalue weighted by Crippen LogP contribution is 2.16. The largest absolute Gasteiger partial charge is 0.324 e. The lowest BCUT2D eigenvalue weighted by Crippen LogP contribution is -2.09. The molecule has 0 aromatic heterocycles. The fourth-order valence-electron chi connectivity index (χ4n) is 1.06. The minimum atomic E-state index is -0.864. The summed E-state index contributed by atoms with van der Waals surface area (Å²) in [6.45, 7) is 3.52. The van der Waals surface area contributed by atoms with Gasteiger partial charge in [-0.2, -0.15) is 0 Å². The molecule has 0 heterocycles. The molecule has 0 bridgehead atoms.